The number of nitrogens with one attached hydrogen (secondary N) is 1. The van der Waals surface area contributed by atoms with Crippen molar-refractivity contribution in [1.29, 1.82) is 0 Å². The average Bonchev–Trinajstić information content (AvgIpc) is 3.30. The first-order chi connectivity index (χ1) is 13.8. The lowest BCUT2D eigenvalue weighted by molar-refractivity contribution is -0.125. The van der Waals surface area contributed by atoms with Crippen molar-refractivity contribution in [2.75, 3.05) is 26.3 Å². The van der Waals surface area contributed by atoms with Gasteiger partial charge < -0.3 is 15.0 Å². The third-order valence-corrected chi connectivity index (χ3v) is 7.41. The van der Waals surface area contributed by atoms with E-state index in [-0.39, 0.29) is 22.8 Å². The van der Waals surface area contributed by atoms with Crippen LogP contribution in [0.3, 0.4) is 0 Å². The molecule has 1 N–H and O–H groups in total. The van der Waals surface area contributed by atoms with Crippen molar-refractivity contribution in [2.24, 2.45) is 10.3 Å². The highest BCUT2D eigenvalue weighted by Gasteiger charge is 2.35. The number of hydrogen-bond acceptors (Lipinski definition) is 5. The number of carbonyl (C=O) groups is 1. The van der Waals surface area contributed by atoms with E-state index in [1.54, 1.807) is 31.2 Å². The van der Waals surface area contributed by atoms with E-state index in [0.717, 1.165) is 19.3 Å². The Kier molecular flexibility index (Phi) is 5.68. The van der Waals surface area contributed by atoms with Crippen molar-refractivity contribution in [1.82, 2.24) is 10.2 Å². The van der Waals surface area contributed by atoms with Gasteiger partial charge in [-0.05, 0) is 43.9 Å². The molecule has 29 heavy (non-hydrogen) atoms. The number of sulfonamides is 1. The fourth-order valence-corrected chi connectivity index (χ4v) is 5.69. The molecule has 3 aliphatic rings. The summed E-state index contributed by atoms with van der Waals surface area (Å²) in [6.07, 6.45) is 2.28. The molecule has 3 heterocycles. The molecule has 0 spiro atoms. The Morgan fingerprint density at radius 2 is 1.90 bits per heavy atom. The highest BCUT2D eigenvalue weighted by atomic mass is 35.5. The van der Waals surface area contributed by atoms with Gasteiger partial charge in [0.25, 0.3) is 10.0 Å². The number of halogens is 1. The SMILES string of the molecule is CC1=C(c2ccc(Cl)cc2)S(=O)(=O)N=C1N1CCC(NC(=O)[C@H]2CCOC2)CC1. The molecule has 2 fully saturated rings. The van der Waals surface area contributed by atoms with Gasteiger partial charge in [-0.1, -0.05) is 23.7 Å². The van der Waals surface area contributed by atoms with Crippen LogP contribution in [0, 0.1) is 5.92 Å². The number of ether oxygens (including phenoxy) is 1. The van der Waals surface area contributed by atoms with Crippen LogP contribution in [0.15, 0.2) is 34.2 Å². The van der Waals surface area contributed by atoms with Gasteiger partial charge in [0.1, 0.15) is 10.7 Å². The van der Waals surface area contributed by atoms with Gasteiger partial charge in [0.05, 0.1) is 12.5 Å². The summed E-state index contributed by atoms with van der Waals surface area (Å²) in [7, 11) is -3.75. The minimum absolute atomic E-state index is 0.0514. The van der Waals surface area contributed by atoms with Crippen molar-refractivity contribution < 1.29 is 17.9 Å². The molecule has 3 aliphatic heterocycles. The zero-order valence-electron chi connectivity index (χ0n) is 16.2. The summed E-state index contributed by atoms with van der Waals surface area (Å²) < 4.78 is 34.7. The maximum absolute atomic E-state index is 12.7. The molecule has 0 unspecified atom stereocenters. The molecule has 1 atom stereocenters. The number of carbonyl (C=O) groups excluding carboxylic acids is 1. The Bertz CT molecular complexity index is 958. The van der Waals surface area contributed by atoms with Gasteiger partial charge in [-0.15, -0.1) is 4.40 Å². The van der Waals surface area contributed by atoms with Crippen LogP contribution in [0.25, 0.3) is 4.91 Å². The third-order valence-electron chi connectivity index (χ3n) is 5.69. The van der Waals surface area contributed by atoms with Crippen molar-refractivity contribution in [3.8, 4) is 0 Å². The molecule has 4 rings (SSSR count). The van der Waals surface area contributed by atoms with E-state index in [1.807, 2.05) is 4.90 Å². The fraction of sp³-hybridized carbons (Fsp3) is 0.500. The van der Waals surface area contributed by atoms with E-state index in [1.165, 1.54) is 0 Å². The van der Waals surface area contributed by atoms with Crippen LogP contribution in [-0.2, 0) is 19.6 Å². The van der Waals surface area contributed by atoms with Crippen LogP contribution in [-0.4, -0.2) is 57.4 Å². The molecule has 0 aromatic heterocycles. The monoisotopic (exact) mass is 437 g/mol. The van der Waals surface area contributed by atoms with Crippen molar-refractivity contribution in [2.45, 2.75) is 32.2 Å². The van der Waals surface area contributed by atoms with Gasteiger partial charge in [0, 0.05) is 36.3 Å². The molecular formula is C20H24ClN3O4S. The smallest absolute Gasteiger partial charge is 0.285 e. The van der Waals surface area contributed by atoms with Crippen LogP contribution in [0.2, 0.25) is 5.02 Å². The number of amides is 1. The maximum Gasteiger partial charge on any atom is 0.285 e. The Labute approximate surface area is 175 Å². The minimum Gasteiger partial charge on any atom is -0.381 e. The van der Waals surface area contributed by atoms with Gasteiger partial charge in [-0.2, -0.15) is 8.42 Å². The highest BCUT2D eigenvalue weighted by Crippen LogP contribution is 2.34. The van der Waals surface area contributed by atoms with E-state index >= 15 is 0 Å². The Balaban J connectivity index is 1.44. The number of hydrogen-bond donors (Lipinski definition) is 1. The second kappa shape index (κ2) is 8.08. The lowest BCUT2D eigenvalue weighted by Crippen LogP contribution is -2.48. The number of piperidine rings is 1. The normalized spacial score (nSPS) is 24.7. The second-order valence-corrected chi connectivity index (χ2v) is 9.66. The van der Waals surface area contributed by atoms with Crippen LogP contribution in [0.1, 0.15) is 31.7 Å². The van der Waals surface area contributed by atoms with Crippen molar-refractivity contribution in [3.63, 3.8) is 0 Å². The first-order valence-corrected chi connectivity index (χ1v) is 11.6. The predicted molar refractivity (Wildman–Crippen MR) is 112 cm³/mol. The predicted octanol–water partition coefficient (Wildman–Crippen LogP) is 2.43. The molecule has 0 radical (unpaired) electrons. The third kappa shape index (κ3) is 4.20. The summed E-state index contributed by atoms with van der Waals surface area (Å²) >= 11 is 5.93. The van der Waals surface area contributed by atoms with Crippen LogP contribution in [0.4, 0.5) is 0 Å². The summed E-state index contributed by atoms with van der Waals surface area (Å²) in [5, 5.41) is 3.66. The summed E-state index contributed by atoms with van der Waals surface area (Å²) in [5.74, 6) is 0.510. The molecule has 2 saturated heterocycles. The van der Waals surface area contributed by atoms with E-state index in [2.05, 4.69) is 9.71 Å². The number of nitrogens with zero attached hydrogens (tertiary/aromatic N) is 2. The molecule has 1 amide bonds. The zero-order valence-corrected chi connectivity index (χ0v) is 17.8. The summed E-state index contributed by atoms with van der Waals surface area (Å²) in [6, 6.07) is 6.85. The summed E-state index contributed by atoms with van der Waals surface area (Å²) in [4.78, 5) is 14.5. The number of amidine groups is 1. The molecule has 1 aromatic rings. The van der Waals surface area contributed by atoms with Crippen LogP contribution < -0.4 is 5.32 Å². The molecule has 1 aromatic carbocycles. The Morgan fingerprint density at radius 3 is 2.52 bits per heavy atom. The topological polar surface area (TPSA) is 88.1 Å². The van der Waals surface area contributed by atoms with Crippen molar-refractivity contribution in [3.05, 3.63) is 40.4 Å². The quantitative estimate of drug-likeness (QED) is 0.784. The van der Waals surface area contributed by atoms with E-state index in [0.29, 0.717) is 48.3 Å². The number of benzene rings is 1. The minimum atomic E-state index is -3.75. The van der Waals surface area contributed by atoms with Gasteiger partial charge >= 0.3 is 0 Å². The van der Waals surface area contributed by atoms with Gasteiger partial charge in [-0.25, -0.2) is 0 Å². The Hall–Kier alpha value is -1.90. The highest BCUT2D eigenvalue weighted by molar-refractivity contribution is 8.00. The lowest BCUT2D eigenvalue weighted by atomic mass is 10.0. The van der Waals surface area contributed by atoms with Crippen LogP contribution >= 0.6 is 11.6 Å². The van der Waals surface area contributed by atoms with E-state index < -0.39 is 10.0 Å². The molecule has 0 saturated carbocycles. The molecular weight excluding hydrogens is 414 g/mol. The first-order valence-electron chi connectivity index (χ1n) is 9.80. The van der Waals surface area contributed by atoms with Gasteiger partial charge in [0.15, 0.2) is 0 Å². The fourth-order valence-electron chi connectivity index (χ4n) is 4.08. The maximum atomic E-state index is 12.7. The van der Waals surface area contributed by atoms with Crippen LogP contribution in [0.5, 0.6) is 0 Å². The lowest BCUT2D eigenvalue weighted by Gasteiger charge is -2.34. The molecule has 7 nitrogen and oxygen atoms in total. The zero-order chi connectivity index (χ0) is 20.6. The average molecular weight is 438 g/mol. The standard InChI is InChI=1S/C20H24ClN3O4S/c1-13-18(14-2-4-16(21)5-3-14)29(26,27)23-19(13)24-9-6-17(7-10-24)22-20(25)15-8-11-28-12-15/h2-5,15,17H,6-12H2,1H3,(H,22,25)/t15-/m0/s1. The first kappa shape index (κ1) is 20.4. The van der Waals surface area contributed by atoms with Gasteiger partial charge in [-0.3, -0.25) is 4.79 Å². The van der Waals surface area contributed by atoms with E-state index in [4.69, 9.17) is 16.3 Å². The molecule has 9 heteroatoms. The molecule has 0 aliphatic carbocycles. The van der Waals surface area contributed by atoms with Gasteiger partial charge in [0.2, 0.25) is 5.91 Å². The molecule has 156 valence electrons. The number of rotatable bonds is 3. The molecule has 0 bridgehead atoms. The number of likely N-dealkylation sites (tertiary alicyclic amines) is 1. The van der Waals surface area contributed by atoms with Crippen molar-refractivity contribution >= 4 is 38.3 Å². The summed E-state index contributed by atoms with van der Waals surface area (Å²) in [6.45, 7) is 4.22. The van der Waals surface area contributed by atoms with E-state index in [9.17, 15) is 13.2 Å². The largest absolute Gasteiger partial charge is 0.381 e. The Morgan fingerprint density at radius 1 is 1.21 bits per heavy atom. The second-order valence-electron chi connectivity index (χ2n) is 7.68. The summed E-state index contributed by atoms with van der Waals surface area (Å²) in [5.41, 5.74) is 1.24.